The lowest BCUT2D eigenvalue weighted by Gasteiger charge is -2.39. The molecule has 0 aromatic heterocycles. The van der Waals surface area contributed by atoms with E-state index in [1.807, 2.05) is 20.8 Å². The van der Waals surface area contributed by atoms with Crippen molar-refractivity contribution >= 4 is 6.09 Å². The zero-order valence-corrected chi connectivity index (χ0v) is 11.0. The van der Waals surface area contributed by atoms with Crippen LogP contribution in [0.3, 0.4) is 0 Å². The zero-order valence-electron chi connectivity index (χ0n) is 11.0. The van der Waals surface area contributed by atoms with Gasteiger partial charge in [-0.25, -0.2) is 4.79 Å². The predicted molar refractivity (Wildman–Crippen MR) is 64.7 cm³/mol. The Kier molecular flexibility index (Phi) is 3.10. The van der Waals surface area contributed by atoms with Gasteiger partial charge in [-0.3, -0.25) is 0 Å². The molecule has 1 amide bonds. The van der Waals surface area contributed by atoms with Crippen LogP contribution in [-0.4, -0.2) is 40.9 Å². The summed E-state index contributed by atoms with van der Waals surface area (Å²) in [5.74, 6) is 0. The molecule has 0 bridgehead atoms. The highest BCUT2D eigenvalue weighted by Crippen LogP contribution is 2.55. The van der Waals surface area contributed by atoms with Gasteiger partial charge in [0.05, 0.1) is 12.6 Å². The number of aliphatic hydroxyl groups excluding tert-OH is 1. The van der Waals surface area contributed by atoms with Crippen LogP contribution in [0.5, 0.6) is 0 Å². The molecule has 0 aromatic rings. The van der Waals surface area contributed by atoms with Crippen molar-refractivity contribution in [3.8, 4) is 0 Å². The van der Waals surface area contributed by atoms with Crippen molar-refractivity contribution in [1.29, 1.82) is 0 Å². The third-order valence-corrected chi connectivity index (χ3v) is 3.79. The van der Waals surface area contributed by atoms with Gasteiger partial charge >= 0.3 is 6.09 Å². The summed E-state index contributed by atoms with van der Waals surface area (Å²) in [5, 5.41) is 9.42. The fraction of sp³-hybridized carbons (Fsp3) is 0.923. The van der Waals surface area contributed by atoms with E-state index in [1.54, 1.807) is 4.90 Å². The number of likely N-dealkylation sites (tertiary alicyclic amines) is 1. The number of nitrogens with zero attached hydrogens (tertiary/aromatic N) is 1. The first-order valence-corrected chi connectivity index (χ1v) is 6.46. The summed E-state index contributed by atoms with van der Waals surface area (Å²) in [6.45, 7) is 6.36. The summed E-state index contributed by atoms with van der Waals surface area (Å²) < 4.78 is 5.37. The molecule has 1 spiro atoms. The van der Waals surface area contributed by atoms with E-state index in [-0.39, 0.29) is 18.7 Å². The SMILES string of the molecule is CC(C)(C)OC(=O)N1CCC2(CC2)C[C@H]1CO. The summed E-state index contributed by atoms with van der Waals surface area (Å²) in [6.07, 6.45) is 4.22. The van der Waals surface area contributed by atoms with Crippen molar-refractivity contribution in [2.24, 2.45) is 5.41 Å². The van der Waals surface area contributed by atoms with Crippen molar-refractivity contribution in [2.75, 3.05) is 13.2 Å². The van der Waals surface area contributed by atoms with E-state index < -0.39 is 5.60 Å². The molecule has 1 saturated carbocycles. The molecule has 0 aromatic carbocycles. The number of piperidine rings is 1. The average Bonchev–Trinajstić information content (AvgIpc) is 2.95. The summed E-state index contributed by atoms with van der Waals surface area (Å²) in [6, 6.07) is -0.0545. The molecule has 1 saturated heterocycles. The Bertz CT molecular complexity index is 304. The molecule has 98 valence electrons. The predicted octanol–water partition coefficient (Wildman–Crippen LogP) is 2.16. The molecule has 2 rings (SSSR count). The van der Waals surface area contributed by atoms with E-state index in [1.165, 1.54) is 12.8 Å². The van der Waals surface area contributed by atoms with E-state index in [2.05, 4.69) is 0 Å². The third-order valence-electron chi connectivity index (χ3n) is 3.79. The molecular formula is C13H23NO3. The molecule has 1 heterocycles. The Hall–Kier alpha value is -0.770. The maximum atomic E-state index is 12.0. The maximum absolute atomic E-state index is 12.0. The van der Waals surface area contributed by atoms with Crippen LogP contribution in [0.1, 0.15) is 46.5 Å². The van der Waals surface area contributed by atoms with E-state index >= 15 is 0 Å². The number of aliphatic hydroxyl groups is 1. The van der Waals surface area contributed by atoms with Crippen LogP contribution >= 0.6 is 0 Å². The third kappa shape index (κ3) is 2.92. The molecular weight excluding hydrogens is 218 g/mol. The molecule has 4 nitrogen and oxygen atoms in total. The van der Waals surface area contributed by atoms with Crippen LogP contribution in [-0.2, 0) is 4.74 Å². The summed E-state index contributed by atoms with van der Waals surface area (Å²) in [7, 11) is 0. The summed E-state index contributed by atoms with van der Waals surface area (Å²) >= 11 is 0. The number of hydrogen-bond donors (Lipinski definition) is 1. The molecule has 2 aliphatic rings. The molecule has 1 atom stereocenters. The van der Waals surface area contributed by atoms with Crippen LogP contribution in [0.2, 0.25) is 0 Å². The first-order chi connectivity index (χ1) is 7.85. The number of amides is 1. The van der Waals surface area contributed by atoms with Crippen LogP contribution in [0.4, 0.5) is 4.79 Å². The van der Waals surface area contributed by atoms with E-state index in [0.717, 1.165) is 19.4 Å². The first kappa shape index (κ1) is 12.7. The topological polar surface area (TPSA) is 49.8 Å². The number of carbonyl (C=O) groups is 1. The summed E-state index contributed by atoms with van der Waals surface area (Å²) in [4.78, 5) is 13.7. The summed E-state index contributed by atoms with van der Waals surface area (Å²) in [5.41, 5.74) is -0.0300. The lowest BCUT2D eigenvalue weighted by Crippen LogP contribution is -2.50. The minimum atomic E-state index is -0.466. The van der Waals surface area contributed by atoms with Gasteiger partial charge in [-0.1, -0.05) is 0 Å². The fourth-order valence-corrected chi connectivity index (χ4v) is 2.61. The van der Waals surface area contributed by atoms with Crippen LogP contribution < -0.4 is 0 Å². The zero-order chi connectivity index (χ0) is 12.7. The van der Waals surface area contributed by atoms with Gasteiger partial charge in [0, 0.05) is 6.54 Å². The van der Waals surface area contributed by atoms with E-state index in [9.17, 15) is 9.90 Å². The van der Waals surface area contributed by atoms with E-state index in [0.29, 0.717) is 5.41 Å². The molecule has 1 N–H and O–H groups in total. The van der Waals surface area contributed by atoms with Gasteiger partial charge in [0.2, 0.25) is 0 Å². The van der Waals surface area contributed by atoms with Crippen molar-refractivity contribution in [3.63, 3.8) is 0 Å². The Balaban J connectivity index is 1.97. The lowest BCUT2D eigenvalue weighted by atomic mass is 9.88. The van der Waals surface area contributed by atoms with Crippen molar-refractivity contribution in [2.45, 2.75) is 58.1 Å². The van der Waals surface area contributed by atoms with Gasteiger partial charge in [0.15, 0.2) is 0 Å². The van der Waals surface area contributed by atoms with E-state index in [4.69, 9.17) is 4.74 Å². The van der Waals surface area contributed by atoms with Crippen molar-refractivity contribution in [3.05, 3.63) is 0 Å². The minimum absolute atomic E-state index is 0.0427. The lowest BCUT2D eigenvalue weighted by molar-refractivity contribution is -0.00687. The van der Waals surface area contributed by atoms with Gasteiger partial charge < -0.3 is 14.7 Å². The number of ether oxygens (including phenoxy) is 1. The molecule has 17 heavy (non-hydrogen) atoms. The highest BCUT2D eigenvalue weighted by molar-refractivity contribution is 5.68. The quantitative estimate of drug-likeness (QED) is 0.765. The highest BCUT2D eigenvalue weighted by Gasteiger charge is 2.49. The Morgan fingerprint density at radius 1 is 1.41 bits per heavy atom. The Morgan fingerprint density at radius 2 is 2.06 bits per heavy atom. The van der Waals surface area contributed by atoms with Gasteiger partial charge in [0.1, 0.15) is 5.60 Å². The standard InChI is InChI=1S/C13H23NO3/c1-12(2,3)17-11(16)14-7-6-13(4-5-13)8-10(14)9-15/h10,15H,4-9H2,1-3H3/t10-/m0/s1. The number of carbonyl (C=O) groups excluding carboxylic acids is 1. The molecule has 0 radical (unpaired) electrons. The van der Waals surface area contributed by atoms with Gasteiger partial charge in [-0.2, -0.15) is 0 Å². The number of hydrogen-bond acceptors (Lipinski definition) is 3. The smallest absolute Gasteiger partial charge is 0.410 e. The normalized spacial score (nSPS) is 27.1. The van der Waals surface area contributed by atoms with Crippen molar-refractivity contribution in [1.82, 2.24) is 4.90 Å². The molecule has 0 unspecified atom stereocenters. The number of rotatable bonds is 1. The molecule has 2 fully saturated rings. The molecule has 1 aliphatic heterocycles. The second-order valence-electron chi connectivity index (χ2n) is 6.46. The van der Waals surface area contributed by atoms with Gasteiger partial charge in [0.25, 0.3) is 0 Å². The van der Waals surface area contributed by atoms with Gasteiger partial charge in [-0.15, -0.1) is 0 Å². The largest absolute Gasteiger partial charge is 0.444 e. The molecule has 1 aliphatic carbocycles. The second-order valence-corrected chi connectivity index (χ2v) is 6.46. The second kappa shape index (κ2) is 4.16. The van der Waals surface area contributed by atoms with Crippen LogP contribution in [0.15, 0.2) is 0 Å². The van der Waals surface area contributed by atoms with Crippen LogP contribution in [0, 0.1) is 5.41 Å². The van der Waals surface area contributed by atoms with Crippen LogP contribution in [0.25, 0.3) is 0 Å². The monoisotopic (exact) mass is 241 g/mol. The Labute approximate surface area is 103 Å². The first-order valence-electron chi connectivity index (χ1n) is 6.46. The maximum Gasteiger partial charge on any atom is 0.410 e. The fourth-order valence-electron chi connectivity index (χ4n) is 2.61. The van der Waals surface area contributed by atoms with Gasteiger partial charge in [-0.05, 0) is 51.9 Å². The average molecular weight is 241 g/mol. The van der Waals surface area contributed by atoms with Crippen molar-refractivity contribution < 1.29 is 14.6 Å². The highest BCUT2D eigenvalue weighted by atomic mass is 16.6. The molecule has 4 heteroatoms. The Morgan fingerprint density at radius 3 is 2.53 bits per heavy atom. The minimum Gasteiger partial charge on any atom is -0.444 e.